The lowest BCUT2D eigenvalue weighted by Crippen LogP contribution is -2.03. The monoisotopic (exact) mass is 190 g/mol. The molecule has 0 aliphatic carbocycles. The molecular formula is C2H7O6PS. The molecule has 0 rings (SSSR count). The van der Waals surface area contributed by atoms with Gasteiger partial charge in [-0.3, -0.25) is 4.52 Å². The van der Waals surface area contributed by atoms with Crippen molar-refractivity contribution in [3.63, 3.8) is 0 Å². The summed E-state index contributed by atoms with van der Waals surface area (Å²) in [5, 5.41) is 0. The molecule has 0 aromatic carbocycles. The molecule has 0 aliphatic rings. The van der Waals surface area contributed by atoms with Crippen LogP contribution < -0.4 is 0 Å². The molecule has 0 heterocycles. The van der Waals surface area contributed by atoms with Crippen LogP contribution in [0, 0.1) is 0 Å². The third-order valence-electron chi connectivity index (χ3n) is 0.517. The Morgan fingerprint density at radius 1 is 1.50 bits per heavy atom. The first-order valence-corrected chi connectivity index (χ1v) is 5.00. The topological polar surface area (TPSA) is 104 Å². The average Bonchev–Trinajstić information content (AvgIpc) is 1.59. The van der Waals surface area contributed by atoms with Gasteiger partial charge in [-0.25, -0.2) is 8.77 Å². The second-order valence-electron chi connectivity index (χ2n) is 1.35. The number of hydrogen-bond acceptors (Lipinski definition) is 3. The van der Waals surface area contributed by atoms with E-state index in [1.807, 2.05) is 0 Å². The molecule has 1 atom stereocenters. The van der Waals surface area contributed by atoms with E-state index < -0.39 is 25.5 Å². The molecule has 3 N–H and O–H groups in total. The number of hydrogen-bond donors (Lipinski definition) is 3. The summed E-state index contributed by atoms with van der Waals surface area (Å²) >= 11 is -2.07. The van der Waals surface area contributed by atoms with Crippen LogP contribution in [0.1, 0.15) is 0 Å². The number of rotatable bonds is 4. The molecule has 0 saturated carbocycles. The normalized spacial score (nSPS) is 15.1. The van der Waals surface area contributed by atoms with Crippen molar-refractivity contribution < 1.29 is 27.6 Å². The van der Waals surface area contributed by atoms with E-state index in [-0.39, 0.29) is 5.75 Å². The summed E-state index contributed by atoms with van der Waals surface area (Å²) in [5.41, 5.74) is 0. The Hall–Kier alpha value is 0.220. The van der Waals surface area contributed by atoms with Gasteiger partial charge in [0.1, 0.15) is 0 Å². The third-order valence-corrected chi connectivity index (χ3v) is 1.55. The Kier molecular flexibility index (Phi) is 4.26. The van der Waals surface area contributed by atoms with E-state index in [0.717, 1.165) is 0 Å². The molecule has 6 nitrogen and oxygen atoms in total. The lowest BCUT2D eigenvalue weighted by Gasteiger charge is -2.01. The van der Waals surface area contributed by atoms with E-state index >= 15 is 0 Å². The molecule has 62 valence electrons. The number of phosphoric acid groups is 1. The van der Waals surface area contributed by atoms with Crippen LogP contribution in [0.3, 0.4) is 0 Å². The summed E-state index contributed by atoms with van der Waals surface area (Å²) in [7, 11) is -4.47. The summed E-state index contributed by atoms with van der Waals surface area (Å²) in [6.45, 7) is -0.423. The van der Waals surface area contributed by atoms with Crippen LogP contribution in [0.5, 0.6) is 0 Å². The highest BCUT2D eigenvalue weighted by molar-refractivity contribution is 7.79. The van der Waals surface area contributed by atoms with Gasteiger partial charge in [0.2, 0.25) is 0 Å². The van der Waals surface area contributed by atoms with Crippen molar-refractivity contribution in [3.8, 4) is 0 Å². The lowest BCUT2D eigenvalue weighted by atomic mass is 10.9. The maximum absolute atomic E-state index is 9.90. The largest absolute Gasteiger partial charge is 0.469 e. The van der Waals surface area contributed by atoms with Crippen LogP contribution >= 0.6 is 7.82 Å². The molecule has 0 radical (unpaired) electrons. The van der Waals surface area contributed by atoms with Crippen LogP contribution in [0.15, 0.2) is 0 Å². The zero-order valence-electron chi connectivity index (χ0n) is 4.84. The summed E-state index contributed by atoms with van der Waals surface area (Å²) in [4.78, 5) is 16.1. The summed E-state index contributed by atoms with van der Waals surface area (Å²) in [6, 6.07) is 0. The Bertz CT molecular complexity index is 161. The van der Waals surface area contributed by atoms with Gasteiger partial charge in [0, 0.05) is 0 Å². The molecular weight excluding hydrogens is 183 g/mol. The molecule has 0 fully saturated rings. The van der Waals surface area contributed by atoms with Crippen molar-refractivity contribution >= 4 is 18.9 Å². The van der Waals surface area contributed by atoms with Crippen molar-refractivity contribution in [2.75, 3.05) is 12.4 Å². The SMILES string of the molecule is O=S(O)CCOP(=O)(O)O. The predicted molar refractivity (Wildman–Crippen MR) is 33.6 cm³/mol. The van der Waals surface area contributed by atoms with Crippen molar-refractivity contribution in [2.24, 2.45) is 0 Å². The van der Waals surface area contributed by atoms with Crippen LogP contribution in [-0.4, -0.2) is 30.9 Å². The zero-order valence-corrected chi connectivity index (χ0v) is 6.55. The Morgan fingerprint density at radius 3 is 2.30 bits per heavy atom. The number of phosphoric ester groups is 1. The second-order valence-corrected chi connectivity index (χ2v) is 3.64. The van der Waals surface area contributed by atoms with Crippen molar-refractivity contribution in [1.29, 1.82) is 0 Å². The van der Waals surface area contributed by atoms with Crippen molar-refractivity contribution in [3.05, 3.63) is 0 Å². The average molecular weight is 190 g/mol. The molecule has 0 bridgehead atoms. The highest BCUT2D eigenvalue weighted by atomic mass is 32.2. The van der Waals surface area contributed by atoms with E-state index in [4.69, 9.17) is 14.3 Å². The van der Waals surface area contributed by atoms with Gasteiger partial charge in [-0.05, 0) is 0 Å². The summed E-state index contributed by atoms with van der Waals surface area (Å²) in [5.74, 6) is -0.300. The summed E-state index contributed by atoms with van der Waals surface area (Å²) < 4.78 is 31.7. The molecule has 1 unspecified atom stereocenters. The quantitative estimate of drug-likeness (QED) is 0.400. The van der Waals surface area contributed by atoms with Gasteiger partial charge < -0.3 is 14.3 Å². The maximum Gasteiger partial charge on any atom is 0.469 e. The smallest absolute Gasteiger partial charge is 0.306 e. The fourth-order valence-corrected chi connectivity index (χ4v) is 0.906. The minimum Gasteiger partial charge on any atom is -0.306 e. The molecule has 0 saturated heterocycles. The molecule has 0 aliphatic heterocycles. The fourth-order valence-electron chi connectivity index (χ4n) is 0.227. The first-order valence-electron chi connectivity index (χ1n) is 2.19. The van der Waals surface area contributed by atoms with Crippen LogP contribution in [0.25, 0.3) is 0 Å². The third kappa shape index (κ3) is 8.22. The maximum atomic E-state index is 9.90. The van der Waals surface area contributed by atoms with E-state index in [0.29, 0.717) is 0 Å². The Morgan fingerprint density at radius 2 is 2.00 bits per heavy atom. The Balaban J connectivity index is 3.39. The molecule has 0 amide bonds. The van der Waals surface area contributed by atoms with Gasteiger partial charge in [0.15, 0.2) is 11.1 Å². The summed E-state index contributed by atoms with van der Waals surface area (Å²) in [6.07, 6.45) is 0. The van der Waals surface area contributed by atoms with Gasteiger partial charge >= 0.3 is 7.82 Å². The minimum atomic E-state index is -4.47. The Labute approximate surface area is 59.7 Å². The fraction of sp³-hybridized carbons (Fsp3) is 1.00. The van der Waals surface area contributed by atoms with Gasteiger partial charge in [0.25, 0.3) is 0 Å². The highest BCUT2D eigenvalue weighted by Crippen LogP contribution is 2.35. The van der Waals surface area contributed by atoms with Gasteiger partial charge in [0.05, 0.1) is 12.4 Å². The molecule has 0 aromatic heterocycles. The van der Waals surface area contributed by atoms with Crippen molar-refractivity contribution in [1.82, 2.24) is 0 Å². The van der Waals surface area contributed by atoms with E-state index in [1.165, 1.54) is 0 Å². The second kappa shape index (κ2) is 4.17. The van der Waals surface area contributed by atoms with Gasteiger partial charge in [-0.1, -0.05) is 0 Å². The molecule has 10 heavy (non-hydrogen) atoms. The zero-order chi connectivity index (χ0) is 8.20. The molecule has 8 heteroatoms. The molecule has 0 aromatic rings. The van der Waals surface area contributed by atoms with Crippen molar-refractivity contribution in [2.45, 2.75) is 0 Å². The first-order chi connectivity index (χ1) is 4.42. The van der Waals surface area contributed by atoms with Crippen LogP contribution in [0.4, 0.5) is 0 Å². The highest BCUT2D eigenvalue weighted by Gasteiger charge is 2.13. The van der Waals surface area contributed by atoms with E-state index in [2.05, 4.69) is 4.52 Å². The predicted octanol–water partition coefficient (Wildman–Crippen LogP) is -0.683. The van der Waals surface area contributed by atoms with Crippen LogP contribution in [-0.2, 0) is 20.2 Å². The standard InChI is InChI=1S/C2H7O6PS/c3-9(4,5)8-1-2-10(6)7/h1-2H2,(H,6,7)(H2,3,4,5). The van der Waals surface area contributed by atoms with Gasteiger partial charge in [-0.15, -0.1) is 0 Å². The lowest BCUT2D eigenvalue weighted by molar-refractivity contribution is 0.207. The van der Waals surface area contributed by atoms with E-state index in [9.17, 15) is 8.77 Å². The van der Waals surface area contributed by atoms with Crippen LogP contribution in [0.2, 0.25) is 0 Å². The minimum absolute atomic E-state index is 0.300. The van der Waals surface area contributed by atoms with E-state index in [1.54, 1.807) is 0 Å². The molecule has 0 spiro atoms. The first kappa shape index (κ1) is 10.2. The van der Waals surface area contributed by atoms with Gasteiger partial charge in [-0.2, -0.15) is 0 Å².